The molecular formula is C28H30N6O4. The predicted molar refractivity (Wildman–Crippen MR) is 140 cm³/mol. The van der Waals surface area contributed by atoms with Gasteiger partial charge in [-0.1, -0.05) is 31.4 Å². The van der Waals surface area contributed by atoms with Crippen molar-refractivity contribution in [2.75, 3.05) is 12.0 Å². The van der Waals surface area contributed by atoms with Crippen LogP contribution in [0.15, 0.2) is 71.6 Å². The van der Waals surface area contributed by atoms with Crippen LogP contribution in [0.25, 0.3) is 5.69 Å². The summed E-state index contributed by atoms with van der Waals surface area (Å²) in [5, 5.41) is 14.6. The summed E-state index contributed by atoms with van der Waals surface area (Å²) in [5.74, 6) is 0.0302. The number of benzene rings is 2. The molecule has 0 radical (unpaired) electrons. The molecule has 2 heterocycles. The summed E-state index contributed by atoms with van der Waals surface area (Å²) in [5.41, 5.74) is 2.74. The SMILES string of the molecule is COc1cccc([C@@H](C(=O)NC2CCCCC2)N(C(=O)c2ccco2)c2ccc(-n3cnnn3)c(C)c2)c1. The number of hydrogen-bond donors (Lipinski definition) is 1. The first kappa shape index (κ1) is 25.2. The number of methoxy groups -OCH3 is 1. The van der Waals surface area contributed by atoms with Gasteiger partial charge in [0.2, 0.25) is 5.91 Å². The number of anilines is 1. The second-order valence-corrected chi connectivity index (χ2v) is 9.40. The Hall–Kier alpha value is -4.47. The molecule has 1 N–H and O–H groups in total. The van der Waals surface area contributed by atoms with E-state index in [9.17, 15) is 9.59 Å². The number of amides is 2. The average Bonchev–Trinajstić information content (AvgIpc) is 3.67. The van der Waals surface area contributed by atoms with Crippen LogP contribution in [-0.4, -0.2) is 45.2 Å². The van der Waals surface area contributed by atoms with E-state index in [1.807, 2.05) is 37.3 Å². The summed E-state index contributed by atoms with van der Waals surface area (Å²) < 4.78 is 12.5. The van der Waals surface area contributed by atoms with Crippen molar-refractivity contribution in [1.82, 2.24) is 25.5 Å². The Kier molecular flexibility index (Phi) is 7.48. The molecule has 1 fully saturated rings. The molecule has 0 bridgehead atoms. The Morgan fingerprint density at radius 1 is 1.11 bits per heavy atom. The molecule has 0 saturated heterocycles. The molecule has 1 aliphatic rings. The van der Waals surface area contributed by atoms with Gasteiger partial charge in [0, 0.05) is 11.7 Å². The number of aryl methyl sites for hydroxylation is 1. The van der Waals surface area contributed by atoms with E-state index in [-0.39, 0.29) is 17.7 Å². The van der Waals surface area contributed by atoms with Crippen molar-refractivity contribution >= 4 is 17.5 Å². The fourth-order valence-corrected chi connectivity index (χ4v) is 4.98. The van der Waals surface area contributed by atoms with Crippen LogP contribution in [0.3, 0.4) is 0 Å². The molecule has 4 aromatic rings. The smallest absolute Gasteiger partial charge is 0.294 e. The Morgan fingerprint density at radius 3 is 2.63 bits per heavy atom. The highest BCUT2D eigenvalue weighted by molar-refractivity contribution is 6.08. The lowest BCUT2D eigenvalue weighted by atomic mass is 9.94. The van der Waals surface area contributed by atoms with Crippen LogP contribution in [0.2, 0.25) is 0 Å². The molecule has 196 valence electrons. The molecular weight excluding hydrogens is 484 g/mol. The van der Waals surface area contributed by atoms with Gasteiger partial charge in [-0.15, -0.1) is 5.10 Å². The lowest BCUT2D eigenvalue weighted by Gasteiger charge is -2.33. The van der Waals surface area contributed by atoms with E-state index in [2.05, 4.69) is 20.8 Å². The van der Waals surface area contributed by atoms with Gasteiger partial charge in [-0.25, -0.2) is 4.68 Å². The molecule has 0 spiro atoms. The summed E-state index contributed by atoms with van der Waals surface area (Å²) in [6, 6.07) is 15.0. The molecule has 1 saturated carbocycles. The third-order valence-electron chi connectivity index (χ3n) is 6.87. The van der Waals surface area contributed by atoms with Crippen molar-refractivity contribution in [3.63, 3.8) is 0 Å². The van der Waals surface area contributed by atoms with Gasteiger partial charge in [-0.3, -0.25) is 14.5 Å². The Morgan fingerprint density at radius 2 is 1.95 bits per heavy atom. The highest BCUT2D eigenvalue weighted by Crippen LogP contribution is 2.33. The average molecular weight is 515 g/mol. The molecule has 0 aliphatic heterocycles. The summed E-state index contributed by atoms with van der Waals surface area (Å²) >= 11 is 0. The van der Waals surface area contributed by atoms with Gasteiger partial charge in [0.05, 0.1) is 19.1 Å². The Labute approximate surface area is 220 Å². The molecule has 5 rings (SSSR count). The molecule has 0 unspecified atom stereocenters. The van der Waals surface area contributed by atoms with Crippen molar-refractivity contribution < 1.29 is 18.7 Å². The molecule has 1 aliphatic carbocycles. The van der Waals surface area contributed by atoms with Crippen LogP contribution in [0.5, 0.6) is 5.75 Å². The van der Waals surface area contributed by atoms with E-state index in [4.69, 9.17) is 9.15 Å². The number of nitrogens with zero attached hydrogens (tertiary/aromatic N) is 5. The maximum atomic E-state index is 14.0. The molecule has 2 aromatic heterocycles. The maximum Gasteiger partial charge on any atom is 0.294 e. The first-order valence-corrected chi connectivity index (χ1v) is 12.7. The quantitative estimate of drug-likeness (QED) is 0.370. The second-order valence-electron chi connectivity index (χ2n) is 9.40. The standard InChI is InChI=1S/C28H30N6O4/c1-19-16-22(13-14-24(19)33-18-29-31-32-33)34(28(36)25-12-7-15-38-25)26(20-8-6-11-23(17-20)37-2)27(35)30-21-9-4-3-5-10-21/h6-8,11-18,21,26H,3-5,9-10H2,1-2H3,(H,30,35)/t26-/m0/s1. The zero-order valence-corrected chi connectivity index (χ0v) is 21.4. The van der Waals surface area contributed by atoms with E-state index in [0.717, 1.165) is 36.9 Å². The molecule has 10 nitrogen and oxygen atoms in total. The van der Waals surface area contributed by atoms with Crippen LogP contribution in [0.4, 0.5) is 5.69 Å². The molecule has 10 heteroatoms. The minimum atomic E-state index is -0.970. The lowest BCUT2D eigenvalue weighted by molar-refractivity contribution is -0.123. The van der Waals surface area contributed by atoms with Gasteiger partial charge in [-0.2, -0.15) is 0 Å². The van der Waals surface area contributed by atoms with Crippen LogP contribution in [0, 0.1) is 6.92 Å². The second kappa shape index (κ2) is 11.3. The van der Waals surface area contributed by atoms with E-state index < -0.39 is 11.9 Å². The number of tetrazole rings is 1. The number of nitrogens with one attached hydrogen (secondary N) is 1. The minimum absolute atomic E-state index is 0.0638. The number of furan rings is 1. The number of hydrogen-bond acceptors (Lipinski definition) is 7. The summed E-state index contributed by atoms with van der Waals surface area (Å²) in [6.45, 7) is 1.90. The largest absolute Gasteiger partial charge is 0.497 e. The zero-order valence-electron chi connectivity index (χ0n) is 21.4. The zero-order chi connectivity index (χ0) is 26.5. The van der Waals surface area contributed by atoms with Crippen molar-refractivity contribution in [3.8, 4) is 11.4 Å². The highest BCUT2D eigenvalue weighted by atomic mass is 16.5. The van der Waals surface area contributed by atoms with Gasteiger partial charge < -0.3 is 14.5 Å². The van der Waals surface area contributed by atoms with Crippen LogP contribution >= 0.6 is 0 Å². The summed E-state index contributed by atoms with van der Waals surface area (Å²) in [7, 11) is 1.57. The van der Waals surface area contributed by atoms with Gasteiger partial charge in [0.25, 0.3) is 5.91 Å². The van der Waals surface area contributed by atoms with Gasteiger partial charge in [0.1, 0.15) is 18.1 Å². The third-order valence-corrected chi connectivity index (χ3v) is 6.87. The predicted octanol–water partition coefficient (Wildman–Crippen LogP) is 4.41. The van der Waals surface area contributed by atoms with E-state index in [0.29, 0.717) is 17.0 Å². The van der Waals surface area contributed by atoms with Gasteiger partial charge in [0.15, 0.2) is 5.76 Å². The number of aromatic nitrogens is 4. The van der Waals surface area contributed by atoms with Crippen LogP contribution in [0.1, 0.15) is 59.8 Å². The molecule has 2 aromatic carbocycles. The van der Waals surface area contributed by atoms with Crippen molar-refractivity contribution in [3.05, 3.63) is 84.1 Å². The van der Waals surface area contributed by atoms with Gasteiger partial charge in [-0.05, 0) is 83.8 Å². The Bertz CT molecular complexity index is 1380. The van der Waals surface area contributed by atoms with E-state index in [1.54, 1.807) is 36.1 Å². The number of carbonyl (C=O) groups is 2. The van der Waals surface area contributed by atoms with Crippen molar-refractivity contribution in [1.29, 1.82) is 0 Å². The number of rotatable bonds is 8. The fraction of sp³-hybridized carbons (Fsp3) is 0.321. The summed E-state index contributed by atoms with van der Waals surface area (Å²) in [4.78, 5) is 29.5. The summed E-state index contributed by atoms with van der Waals surface area (Å²) in [6.07, 6.45) is 8.10. The van der Waals surface area contributed by atoms with Gasteiger partial charge >= 0.3 is 0 Å². The Balaban J connectivity index is 1.61. The molecule has 38 heavy (non-hydrogen) atoms. The molecule has 1 atom stereocenters. The number of carbonyl (C=O) groups excluding carboxylic acids is 2. The minimum Gasteiger partial charge on any atom is -0.497 e. The topological polar surface area (TPSA) is 115 Å². The van der Waals surface area contributed by atoms with Crippen LogP contribution in [-0.2, 0) is 4.79 Å². The molecule has 2 amide bonds. The van der Waals surface area contributed by atoms with E-state index >= 15 is 0 Å². The highest BCUT2D eigenvalue weighted by Gasteiger charge is 2.36. The monoisotopic (exact) mass is 514 g/mol. The van der Waals surface area contributed by atoms with Crippen molar-refractivity contribution in [2.45, 2.75) is 51.1 Å². The first-order valence-electron chi connectivity index (χ1n) is 12.7. The van der Waals surface area contributed by atoms with Crippen LogP contribution < -0.4 is 15.0 Å². The van der Waals surface area contributed by atoms with E-state index in [1.165, 1.54) is 23.9 Å². The fourth-order valence-electron chi connectivity index (χ4n) is 4.98. The normalized spacial score (nSPS) is 14.6. The maximum absolute atomic E-state index is 14.0. The first-order chi connectivity index (χ1) is 18.5. The number of ether oxygens (including phenoxy) is 1. The lowest BCUT2D eigenvalue weighted by Crippen LogP contribution is -2.47. The third kappa shape index (κ3) is 5.29. The van der Waals surface area contributed by atoms with Crippen molar-refractivity contribution in [2.24, 2.45) is 0 Å².